The number of sulfonamides is 1. The first kappa shape index (κ1) is 30.9. The molecule has 0 unspecified atom stereocenters. The number of halogens is 3. The number of carbonyl (C=O) groups is 2. The van der Waals surface area contributed by atoms with Gasteiger partial charge in [-0.3, -0.25) is 13.9 Å². The predicted octanol–water partition coefficient (Wildman–Crippen LogP) is 4.20. The summed E-state index contributed by atoms with van der Waals surface area (Å²) >= 11 is 0. The number of anilines is 1. The van der Waals surface area contributed by atoms with Crippen molar-refractivity contribution >= 4 is 27.5 Å². The molecule has 8 nitrogen and oxygen atoms in total. The lowest BCUT2D eigenvalue weighted by Gasteiger charge is -2.30. The van der Waals surface area contributed by atoms with Crippen molar-refractivity contribution in [3.05, 3.63) is 59.7 Å². The summed E-state index contributed by atoms with van der Waals surface area (Å²) in [7, 11) is -2.40. The maximum Gasteiger partial charge on any atom is 0.416 e. The maximum atomic E-state index is 13.3. The second kappa shape index (κ2) is 13.0. The largest absolute Gasteiger partial charge is 0.497 e. The number of methoxy groups -OCH3 is 1. The molecule has 0 heterocycles. The maximum absolute atomic E-state index is 13.3. The zero-order valence-corrected chi connectivity index (χ0v) is 22.9. The van der Waals surface area contributed by atoms with Crippen molar-refractivity contribution in [2.24, 2.45) is 0 Å². The van der Waals surface area contributed by atoms with Crippen molar-refractivity contribution in [1.29, 1.82) is 0 Å². The number of benzene rings is 2. The van der Waals surface area contributed by atoms with Crippen LogP contribution >= 0.6 is 0 Å². The fourth-order valence-corrected chi connectivity index (χ4v) is 4.71. The Labute approximate surface area is 221 Å². The Bertz CT molecular complexity index is 1200. The zero-order chi connectivity index (χ0) is 28.7. The normalized spacial score (nSPS) is 12.7. The van der Waals surface area contributed by atoms with Crippen LogP contribution in [0.25, 0.3) is 0 Å². The van der Waals surface area contributed by atoms with Crippen LogP contribution in [0.4, 0.5) is 18.9 Å². The molecule has 1 atom stereocenters. The smallest absolute Gasteiger partial charge is 0.416 e. The monoisotopic (exact) mass is 557 g/mol. The van der Waals surface area contributed by atoms with Crippen LogP contribution < -0.4 is 14.4 Å². The number of ether oxygens (including phenoxy) is 1. The summed E-state index contributed by atoms with van der Waals surface area (Å²) in [5, 5.41) is 2.78. The Kier molecular flexibility index (Phi) is 10.6. The van der Waals surface area contributed by atoms with Crippen molar-refractivity contribution in [3.63, 3.8) is 0 Å². The molecule has 2 aromatic carbocycles. The molecule has 0 aromatic heterocycles. The highest BCUT2D eigenvalue weighted by molar-refractivity contribution is 7.92. The minimum absolute atomic E-state index is 0.0276. The van der Waals surface area contributed by atoms with E-state index in [1.807, 2.05) is 0 Å². The summed E-state index contributed by atoms with van der Waals surface area (Å²) in [5.41, 5.74) is -0.366. The molecule has 0 bridgehead atoms. The highest BCUT2D eigenvalue weighted by Gasteiger charge is 2.32. The minimum atomic E-state index is -4.64. The number of alkyl halides is 3. The summed E-state index contributed by atoms with van der Waals surface area (Å²) in [6.45, 7) is 5.11. The van der Waals surface area contributed by atoms with E-state index in [0.29, 0.717) is 5.75 Å². The molecule has 1 N–H and O–H groups in total. The Morgan fingerprint density at radius 3 is 2.21 bits per heavy atom. The SMILES string of the molecule is COc1ccc(CN(C(=O)CCCN(c2cccc(C(F)(F)F)c2)S(C)(=O)=O)[C@H](C)C(=O)NC(C)C)cc1. The van der Waals surface area contributed by atoms with E-state index in [4.69, 9.17) is 4.74 Å². The fraction of sp³-hybridized carbons (Fsp3) is 0.462. The lowest BCUT2D eigenvalue weighted by atomic mass is 10.1. The lowest BCUT2D eigenvalue weighted by molar-refractivity contribution is -0.140. The highest BCUT2D eigenvalue weighted by Crippen LogP contribution is 2.32. The van der Waals surface area contributed by atoms with Gasteiger partial charge in [0.25, 0.3) is 0 Å². The molecule has 0 fully saturated rings. The van der Waals surface area contributed by atoms with Crippen molar-refractivity contribution < 1.29 is 35.9 Å². The summed E-state index contributed by atoms with van der Waals surface area (Å²) < 4.78 is 70.2. The molecule has 38 heavy (non-hydrogen) atoms. The quantitative estimate of drug-likeness (QED) is 0.422. The third kappa shape index (κ3) is 8.93. The van der Waals surface area contributed by atoms with Crippen LogP contribution in [0.3, 0.4) is 0 Å². The summed E-state index contributed by atoms with van der Waals surface area (Å²) in [4.78, 5) is 27.4. The van der Waals surface area contributed by atoms with Crippen LogP contribution in [0.1, 0.15) is 44.7 Å². The van der Waals surface area contributed by atoms with Crippen molar-refractivity contribution in [2.75, 3.05) is 24.2 Å². The molecule has 0 spiro atoms. The summed E-state index contributed by atoms with van der Waals surface area (Å²) in [6.07, 6.45) is -3.84. The number of carbonyl (C=O) groups excluding carboxylic acids is 2. The minimum Gasteiger partial charge on any atom is -0.497 e. The van der Waals surface area contributed by atoms with E-state index >= 15 is 0 Å². The first-order valence-electron chi connectivity index (χ1n) is 12.0. The van der Waals surface area contributed by atoms with Gasteiger partial charge in [0, 0.05) is 25.6 Å². The highest BCUT2D eigenvalue weighted by atomic mass is 32.2. The third-order valence-corrected chi connectivity index (χ3v) is 6.92. The summed E-state index contributed by atoms with van der Waals surface area (Å²) in [5.74, 6) is -0.110. The van der Waals surface area contributed by atoms with E-state index in [2.05, 4.69) is 5.32 Å². The van der Waals surface area contributed by atoms with E-state index in [-0.39, 0.29) is 43.6 Å². The lowest BCUT2D eigenvalue weighted by Crippen LogP contribution is -2.49. The second-order valence-corrected chi connectivity index (χ2v) is 11.1. The van der Waals surface area contributed by atoms with Gasteiger partial charge in [-0.15, -0.1) is 0 Å². The Balaban J connectivity index is 2.22. The zero-order valence-electron chi connectivity index (χ0n) is 22.1. The average Bonchev–Trinajstić information content (AvgIpc) is 2.83. The van der Waals surface area contributed by atoms with Crippen LogP contribution in [-0.4, -0.2) is 57.1 Å². The number of hydrogen-bond acceptors (Lipinski definition) is 5. The Morgan fingerprint density at radius 1 is 1.05 bits per heavy atom. The van der Waals surface area contributed by atoms with Gasteiger partial charge in [0.2, 0.25) is 21.8 Å². The third-order valence-electron chi connectivity index (χ3n) is 5.72. The van der Waals surface area contributed by atoms with Gasteiger partial charge < -0.3 is 15.0 Å². The van der Waals surface area contributed by atoms with E-state index < -0.39 is 33.7 Å². The Hall–Kier alpha value is -3.28. The number of amides is 2. The van der Waals surface area contributed by atoms with Crippen LogP contribution in [0.5, 0.6) is 5.75 Å². The molecule has 12 heteroatoms. The molecule has 0 aliphatic rings. The van der Waals surface area contributed by atoms with Crippen molar-refractivity contribution in [2.45, 2.75) is 58.4 Å². The number of rotatable bonds is 12. The molecule has 0 saturated carbocycles. The fourth-order valence-electron chi connectivity index (χ4n) is 3.76. The van der Waals surface area contributed by atoms with Crippen LogP contribution in [0.15, 0.2) is 48.5 Å². The van der Waals surface area contributed by atoms with Gasteiger partial charge in [-0.25, -0.2) is 8.42 Å². The van der Waals surface area contributed by atoms with Crippen molar-refractivity contribution in [1.82, 2.24) is 10.2 Å². The van der Waals surface area contributed by atoms with Gasteiger partial charge in [-0.2, -0.15) is 13.2 Å². The van der Waals surface area contributed by atoms with Crippen LogP contribution in [0, 0.1) is 0 Å². The van der Waals surface area contributed by atoms with Crippen LogP contribution in [-0.2, 0) is 32.3 Å². The molecule has 2 amide bonds. The number of nitrogens with zero attached hydrogens (tertiary/aromatic N) is 2. The van der Waals surface area contributed by atoms with Gasteiger partial charge in [0.15, 0.2) is 0 Å². The first-order valence-corrected chi connectivity index (χ1v) is 13.9. The van der Waals surface area contributed by atoms with Gasteiger partial charge >= 0.3 is 6.18 Å². The van der Waals surface area contributed by atoms with Crippen molar-refractivity contribution in [3.8, 4) is 5.75 Å². The molecule has 0 radical (unpaired) electrons. The number of nitrogens with one attached hydrogen (secondary N) is 1. The average molecular weight is 558 g/mol. The molecule has 0 aliphatic carbocycles. The molecule has 0 aliphatic heterocycles. The second-order valence-electron chi connectivity index (χ2n) is 9.20. The van der Waals surface area contributed by atoms with E-state index in [9.17, 15) is 31.2 Å². The Morgan fingerprint density at radius 2 is 1.68 bits per heavy atom. The first-order chi connectivity index (χ1) is 17.6. The van der Waals surface area contributed by atoms with Gasteiger partial charge in [0.05, 0.1) is 24.6 Å². The molecular weight excluding hydrogens is 523 g/mol. The van der Waals surface area contributed by atoms with Gasteiger partial charge in [0.1, 0.15) is 11.8 Å². The molecule has 210 valence electrons. The van der Waals surface area contributed by atoms with Gasteiger partial charge in [-0.1, -0.05) is 18.2 Å². The van der Waals surface area contributed by atoms with E-state index in [1.165, 1.54) is 18.1 Å². The van der Waals surface area contributed by atoms with E-state index in [0.717, 1.165) is 34.3 Å². The molecular formula is C26H34F3N3O5S. The molecule has 2 aromatic rings. The predicted molar refractivity (Wildman–Crippen MR) is 139 cm³/mol. The standard InChI is InChI=1S/C26H34F3N3O5S/c1-18(2)30-25(34)19(3)31(17-20-11-13-23(37-4)14-12-20)24(33)10-7-15-32(38(5,35)36)22-9-6-8-21(16-22)26(27,28)29/h6,8-9,11-14,16,18-19H,7,10,15,17H2,1-5H3,(H,30,34)/t19-/m1/s1. The van der Waals surface area contributed by atoms with Crippen LogP contribution in [0.2, 0.25) is 0 Å². The summed E-state index contributed by atoms with van der Waals surface area (Å²) in [6, 6.07) is 10.1. The number of hydrogen-bond donors (Lipinski definition) is 1. The van der Waals surface area contributed by atoms with Gasteiger partial charge in [-0.05, 0) is 63.1 Å². The molecule has 2 rings (SSSR count). The topological polar surface area (TPSA) is 96.0 Å². The van der Waals surface area contributed by atoms with E-state index in [1.54, 1.807) is 45.0 Å². The molecule has 0 saturated heterocycles.